The van der Waals surface area contributed by atoms with Crippen molar-refractivity contribution in [1.29, 1.82) is 0 Å². The van der Waals surface area contributed by atoms with Crippen LogP contribution in [0.4, 0.5) is 14.5 Å². The van der Waals surface area contributed by atoms with Crippen LogP contribution in [0.25, 0.3) is 38.9 Å². The van der Waals surface area contributed by atoms with Crippen molar-refractivity contribution in [2.24, 2.45) is 5.41 Å². The van der Waals surface area contributed by atoms with Crippen molar-refractivity contribution in [3.05, 3.63) is 84.3 Å². The van der Waals surface area contributed by atoms with Crippen LogP contribution in [-0.4, -0.2) is 40.5 Å². The molecule has 0 saturated carbocycles. The monoisotopic (exact) mass is 509 g/mol. The van der Waals surface area contributed by atoms with E-state index in [1.54, 1.807) is 6.20 Å². The van der Waals surface area contributed by atoms with Gasteiger partial charge in [0, 0.05) is 59.6 Å². The Morgan fingerprint density at radius 3 is 2.66 bits per heavy atom. The largest absolute Gasteiger partial charge is 0.371 e. The van der Waals surface area contributed by atoms with E-state index >= 15 is 0 Å². The molecule has 2 saturated heterocycles. The smallest absolute Gasteiger partial charge is 0.152 e. The number of hydrogen-bond acceptors (Lipinski definition) is 4. The second-order valence-corrected chi connectivity index (χ2v) is 10.9. The third kappa shape index (κ3) is 3.93. The molecular weight excluding hydrogens is 480 g/mol. The van der Waals surface area contributed by atoms with E-state index in [1.165, 1.54) is 31.0 Å². The number of aryl methyl sites for hydroxylation is 1. The number of anilines is 1. The molecule has 0 aliphatic carbocycles. The first-order chi connectivity index (χ1) is 18.5. The molecule has 7 rings (SSSR count). The maximum absolute atomic E-state index is 14.5. The number of nitrogens with zero attached hydrogens (tertiary/aromatic N) is 4. The Balaban J connectivity index is 1.19. The van der Waals surface area contributed by atoms with E-state index in [0.717, 1.165) is 54.7 Å². The lowest BCUT2D eigenvalue weighted by molar-refractivity contribution is 0.239. The summed E-state index contributed by atoms with van der Waals surface area (Å²) < 4.78 is 30.5. The molecule has 7 heteroatoms. The molecule has 38 heavy (non-hydrogen) atoms. The molecule has 2 fully saturated rings. The van der Waals surface area contributed by atoms with Crippen LogP contribution in [0.3, 0.4) is 0 Å². The van der Waals surface area contributed by atoms with E-state index in [0.29, 0.717) is 22.1 Å². The Morgan fingerprint density at radius 1 is 0.974 bits per heavy atom. The lowest BCUT2D eigenvalue weighted by Crippen LogP contribution is -2.41. The lowest BCUT2D eigenvalue weighted by Gasteiger charge is -2.34. The van der Waals surface area contributed by atoms with Crippen LogP contribution in [-0.2, 0) is 0 Å². The average Bonchev–Trinajstić information content (AvgIpc) is 3.53. The van der Waals surface area contributed by atoms with Crippen LogP contribution >= 0.6 is 0 Å². The topological polar surface area (TPSA) is 45.5 Å². The highest BCUT2D eigenvalue weighted by molar-refractivity contribution is 5.94. The Morgan fingerprint density at radius 2 is 1.84 bits per heavy atom. The predicted octanol–water partition coefficient (Wildman–Crippen LogP) is 6.38. The molecule has 1 unspecified atom stereocenters. The number of rotatable bonds is 3. The number of hydrogen-bond donors (Lipinski definition) is 1. The minimum absolute atomic E-state index is 0.164. The van der Waals surface area contributed by atoms with Gasteiger partial charge in [-0.25, -0.2) is 18.7 Å². The van der Waals surface area contributed by atoms with Gasteiger partial charge in [0.05, 0.1) is 11.9 Å². The molecule has 2 aliphatic heterocycles. The SMILES string of the molecule is Cc1cc(-c2cnc3cc(-c4ccc(N5CCC6(CCCNC6)C5)cc4)ccn23)c2cc(F)cc(F)c2n1. The number of aromatic nitrogens is 3. The summed E-state index contributed by atoms with van der Waals surface area (Å²) in [7, 11) is 0. The Labute approximate surface area is 220 Å². The van der Waals surface area contributed by atoms with Crippen molar-refractivity contribution in [3.8, 4) is 22.4 Å². The number of nitrogens with one attached hydrogen (secondary N) is 1. The number of pyridine rings is 2. The maximum atomic E-state index is 14.5. The van der Waals surface area contributed by atoms with Crippen LogP contribution in [0.5, 0.6) is 0 Å². The zero-order chi connectivity index (χ0) is 25.9. The lowest BCUT2D eigenvalue weighted by atomic mass is 9.80. The van der Waals surface area contributed by atoms with Gasteiger partial charge >= 0.3 is 0 Å². The third-order valence-corrected chi connectivity index (χ3v) is 8.31. The second-order valence-electron chi connectivity index (χ2n) is 10.9. The molecular formula is C31H29F2N5. The first kappa shape index (κ1) is 23.3. The molecule has 2 aliphatic rings. The molecule has 192 valence electrons. The van der Waals surface area contributed by atoms with Crippen molar-refractivity contribution in [2.75, 3.05) is 31.1 Å². The normalized spacial score (nSPS) is 19.7. The summed E-state index contributed by atoms with van der Waals surface area (Å²) in [5.74, 6) is -1.29. The van der Waals surface area contributed by atoms with Crippen molar-refractivity contribution < 1.29 is 8.78 Å². The van der Waals surface area contributed by atoms with Crippen molar-refractivity contribution in [3.63, 3.8) is 0 Å². The highest BCUT2D eigenvalue weighted by Crippen LogP contribution is 2.39. The first-order valence-electron chi connectivity index (χ1n) is 13.3. The van der Waals surface area contributed by atoms with E-state index in [4.69, 9.17) is 0 Å². The molecule has 0 radical (unpaired) electrons. The minimum atomic E-state index is -0.663. The molecule has 1 spiro atoms. The fourth-order valence-electron chi connectivity index (χ4n) is 6.35. The second kappa shape index (κ2) is 8.88. The van der Waals surface area contributed by atoms with Gasteiger partial charge in [0.2, 0.25) is 0 Å². The Bertz CT molecular complexity index is 1670. The van der Waals surface area contributed by atoms with Crippen LogP contribution in [0.15, 0.2) is 67.0 Å². The van der Waals surface area contributed by atoms with Crippen molar-refractivity contribution in [1.82, 2.24) is 19.7 Å². The van der Waals surface area contributed by atoms with E-state index in [-0.39, 0.29) is 5.52 Å². The van der Waals surface area contributed by atoms with Crippen LogP contribution in [0.1, 0.15) is 25.0 Å². The number of halogens is 2. The van der Waals surface area contributed by atoms with Gasteiger partial charge in [0.15, 0.2) is 5.82 Å². The van der Waals surface area contributed by atoms with Gasteiger partial charge in [-0.3, -0.25) is 4.40 Å². The zero-order valence-electron chi connectivity index (χ0n) is 21.3. The average molecular weight is 510 g/mol. The molecule has 5 heterocycles. The van der Waals surface area contributed by atoms with Gasteiger partial charge in [0.25, 0.3) is 0 Å². The van der Waals surface area contributed by atoms with Crippen molar-refractivity contribution >= 4 is 22.2 Å². The highest BCUT2D eigenvalue weighted by Gasteiger charge is 2.38. The van der Waals surface area contributed by atoms with E-state index in [9.17, 15) is 8.78 Å². The van der Waals surface area contributed by atoms with Gasteiger partial charge < -0.3 is 10.2 Å². The standard InChI is InChI=1S/C31H29F2N5/c1-20-13-25(26-15-23(32)16-27(33)30(26)36-20)28-17-35-29-14-22(7-11-38(28)29)21-3-5-24(6-4-21)37-12-9-31(19-37)8-2-10-34-18-31/h3-7,11,13-17,34H,2,8-10,12,18-19H2,1H3. The summed E-state index contributed by atoms with van der Waals surface area (Å²) in [4.78, 5) is 11.5. The minimum Gasteiger partial charge on any atom is -0.371 e. The van der Waals surface area contributed by atoms with Gasteiger partial charge in [0.1, 0.15) is 17.0 Å². The van der Waals surface area contributed by atoms with E-state index in [1.807, 2.05) is 23.6 Å². The quantitative estimate of drug-likeness (QED) is 0.306. The molecule has 2 aromatic carbocycles. The molecule has 0 bridgehead atoms. The number of fused-ring (bicyclic) bond motifs is 2. The van der Waals surface area contributed by atoms with Crippen LogP contribution < -0.4 is 10.2 Å². The molecule has 5 aromatic rings. The first-order valence-corrected chi connectivity index (χ1v) is 13.3. The Hall–Kier alpha value is -3.84. The number of piperidine rings is 1. The highest BCUT2D eigenvalue weighted by atomic mass is 19.1. The summed E-state index contributed by atoms with van der Waals surface area (Å²) in [6.45, 7) is 6.33. The summed E-state index contributed by atoms with van der Waals surface area (Å²) in [6.07, 6.45) is 7.57. The number of benzene rings is 2. The third-order valence-electron chi connectivity index (χ3n) is 8.31. The fourth-order valence-corrected chi connectivity index (χ4v) is 6.35. The zero-order valence-corrected chi connectivity index (χ0v) is 21.3. The Kier molecular flexibility index (Phi) is 5.44. The van der Waals surface area contributed by atoms with Gasteiger partial charge in [-0.15, -0.1) is 0 Å². The van der Waals surface area contributed by atoms with Crippen LogP contribution in [0.2, 0.25) is 0 Å². The molecule has 0 amide bonds. The fraction of sp³-hybridized carbons (Fsp3) is 0.290. The molecule has 3 aromatic heterocycles. The van der Waals surface area contributed by atoms with Gasteiger partial charge in [-0.05, 0) is 80.3 Å². The van der Waals surface area contributed by atoms with Crippen molar-refractivity contribution in [2.45, 2.75) is 26.2 Å². The van der Waals surface area contributed by atoms with Crippen LogP contribution in [0, 0.1) is 24.0 Å². The summed E-state index contributed by atoms with van der Waals surface area (Å²) in [5.41, 5.74) is 6.97. The van der Waals surface area contributed by atoms with Gasteiger partial charge in [-0.2, -0.15) is 0 Å². The summed E-state index contributed by atoms with van der Waals surface area (Å²) in [5, 5.41) is 4.02. The summed E-state index contributed by atoms with van der Waals surface area (Å²) in [6, 6.07) is 17.0. The summed E-state index contributed by atoms with van der Waals surface area (Å²) >= 11 is 0. The van der Waals surface area contributed by atoms with E-state index < -0.39 is 11.6 Å². The number of imidazole rings is 1. The predicted molar refractivity (Wildman–Crippen MR) is 147 cm³/mol. The van der Waals surface area contributed by atoms with Gasteiger partial charge in [-0.1, -0.05) is 12.1 Å². The molecule has 1 N–H and O–H groups in total. The maximum Gasteiger partial charge on any atom is 0.152 e. The van der Waals surface area contributed by atoms with E-state index in [2.05, 4.69) is 56.6 Å². The molecule has 5 nitrogen and oxygen atoms in total. The molecule has 1 atom stereocenters.